The fraction of sp³-hybridized carbons (Fsp3) is 0.304. The van der Waals surface area contributed by atoms with Gasteiger partial charge in [0.15, 0.2) is 0 Å². The molecule has 2 heterocycles. The van der Waals surface area contributed by atoms with Crippen molar-refractivity contribution < 1.29 is 13.2 Å². The average molecular weight is 488 g/mol. The first-order chi connectivity index (χ1) is 15.7. The molecule has 0 radical (unpaired) electrons. The summed E-state index contributed by atoms with van der Waals surface area (Å²) < 4.78 is 31.6. The Labute approximate surface area is 198 Å². The van der Waals surface area contributed by atoms with Gasteiger partial charge in [-0.2, -0.15) is 4.98 Å². The van der Waals surface area contributed by atoms with E-state index in [1.54, 1.807) is 6.07 Å². The molecule has 1 aromatic heterocycles. The highest BCUT2D eigenvalue weighted by Gasteiger charge is 2.28. The maximum Gasteiger partial charge on any atom is 0.227 e. The van der Waals surface area contributed by atoms with Gasteiger partial charge in [-0.15, -0.1) is 0 Å². The number of benzene rings is 2. The average Bonchev–Trinajstić information content (AvgIpc) is 2.81. The Hall–Kier alpha value is -3.04. The summed E-state index contributed by atoms with van der Waals surface area (Å²) in [5.41, 5.74) is 9.86. The molecule has 174 valence electrons. The van der Waals surface area contributed by atoms with Gasteiger partial charge in [0.1, 0.15) is 21.4 Å². The number of sulfone groups is 1. The first kappa shape index (κ1) is 23.1. The number of ether oxygens (including phenoxy) is 1. The Bertz CT molecular complexity index is 1290. The van der Waals surface area contributed by atoms with Gasteiger partial charge in [-0.1, -0.05) is 23.7 Å². The van der Waals surface area contributed by atoms with Crippen LogP contribution < -0.4 is 20.3 Å². The van der Waals surface area contributed by atoms with Crippen LogP contribution in [0.5, 0.6) is 5.75 Å². The highest BCUT2D eigenvalue weighted by Crippen LogP contribution is 2.34. The van der Waals surface area contributed by atoms with Gasteiger partial charge >= 0.3 is 0 Å². The summed E-state index contributed by atoms with van der Waals surface area (Å²) in [5, 5.41) is 0.271. The van der Waals surface area contributed by atoms with E-state index in [9.17, 15) is 8.42 Å². The van der Waals surface area contributed by atoms with Crippen molar-refractivity contribution in [1.29, 1.82) is 0 Å². The quantitative estimate of drug-likeness (QED) is 0.583. The standard InChI is InChI=1S/C23H26ClN5O3S/c1-15-5-4-6-18(16(15)2)28-9-11-29(12-10-28)23-26-14-21(22(25)27-23)33(30,31)20-13-17(24)7-8-19(20)32-3/h4-8,13-14H,9-12H2,1-3H3,(H2,25,26,27). The highest BCUT2D eigenvalue weighted by molar-refractivity contribution is 7.91. The smallest absolute Gasteiger partial charge is 0.227 e. The summed E-state index contributed by atoms with van der Waals surface area (Å²) in [7, 11) is -2.63. The molecule has 2 N–H and O–H groups in total. The second kappa shape index (κ2) is 9.07. The van der Waals surface area contributed by atoms with E-state index in [-0.39, 0.29) is 26.4 Å². The molecule has 0 amide bonds. The fourth-order valence-corrected chi connectivity index (χ4v) is 5.62. The van der Waals surface area contributed by atoms with Crippen molar-refractivity contribution in [3.05, 3.63) is 58.7 Å². The molecule has 33 heavy (non-hydrogen) atoms. The second-order valence-electron chi connectivity index (χ2n) is 7.91. The van der Waals surface area contributed by atoms with Crippen LogP contribution in [0.1, 0.15) is 11.1 Å². The van der Waals surface area contributed by atoms with Gasteiger partial charge < -0.3 is 20.3 Å². The van der Waals surface area contributed by atoms with Crippen molar-refractivity contribution in [3.63, 3.8) is 0 Å². The normalized spacial score (nSPS) is 14.4. The number of rotatable bonds is 5. The molecular weight excluding hydrogens is 462 g/mol. The minimum Gasteiger partial charge on any atom is -0.495 e. The van der Waals surface area contributed by atoms with Crippen LogP contribution in [0.25, 0.3) is 0 Å². The van der Waals surface area contributed by atoms with Crippen molar-refractivity contribution in [1.82, 2.24) is 9.97 Å². The first-order valence-electron chi connectivity index (χ1n) is 10.5. The highest BCUT2D eigenvalue weighted by atomic mass is 35.5. The zero-order chi connectivity index (χ0) is 23.8. The third-order valence-corrected chi connectivity index (χ3v) is 7.98. The molecule has 1 aliphatic rings. The number of aromatic nitrogens is 2. The van der Waals surface area contributed by atoms with Gasteiger partial charge in [0.25, 0.3) is 0 Å². The predicted octanol–water partition coefficient (Wildman–Crippen LogP) is 3.50. The maximum absolute atomic E-state index is 13.2. The molecule has 8 nitrogen and oxygen atoms in total. The number of anilines is 3. The van der Waals surface area contributed by atoms with Crippen LogP contribution in [0.15, 0.2) is 52.4 Å². The fourth-order valence-electron chi connectivity index (χ4n) is 3.94. The molecule has 0 saturated carbocycles. The molecule has 10 heteroatoms. The van der Waals surface area contributed by atoms with Crippen molar-refractivity contribution in [3.8, 4) is 5.75 Å². The minimum absolute atomic E-state index is 0.0808. The molecule has 1 aliphatic heterocycles. The lowest BCUT2D eigenvalue weighted by molar-refractivity contribution is 0.402. The number of hydrogen-bond donors (Lipinski definition) is 1. The molecule has 1 saturated heterocycles. The summed E-state index contributed by atoms with van der Waals surface area (Å²) in [6.07, 6.45) is 1.25. The Morgan fingerprint density at radius 1 is 1.03 bits per heavy atom. The van der Waals surface area contributed by atoms with E-state index >= 15 is 0 Å². The Balaban J connectivity index is 1.55. The van der Waals surface area contributed by atoms with Crippen LogP contribution in [0.4, 0.5) is 17.5 Å². The van der Waals surface area contributed by atoms with Crippen molar-refractivity contribution >= 4 is 38.9 Å². The number of nitrogens with zero attached hydrogens (tertiary/aromatic N) is 4. The summed E-state index contributed by atoms with van der Waals surface area (Å²) in [4.78, 5) is 12.7. The van der Waals surface area contributed by atoms with E-state index in [0.29, 0.717) is 19.0 Å². The van der Waals surface area contributed by atoms with E-state index in [4.69, 9.17) is 22.1 Å². The van der Waals surface area contributed by atoms with Crippen molar-refractivity contribution in [2.45, 2.75) is 23.6 Å². The summed E-state index contributed by atoms with van der Waals surface area (Å²) in [5.74, 6) is 0.467. The summed E-state index contributed by atoms with van der Waals surface area (Å²) >= 11 is 6.02. The number of piperazine rings is 1. The minimum atomic E-state index is -4.02. The number of halogens is 1. The lowest BCUT2D eigenvalue weighted by atomic mass is 10.1. The molecule has 0 aliphatic carbocycles. The largest absolute Gasteiger partial charge is 0.495 e. The number of methoxy groups -OCH3 is 1. The van der Waals surface area contributed by atoms with Crippen molar-refractivity contribution in [2.24, 2.45) is 0 Å². The molecule has 0 spiro atoms. The third kappa shape index (κ3) is 4.43. The van der Waals surface area contributed by atoms with Crippen LogP contribution >= 0.6 is 11.6 Å². The van der Waals surface area contributed by atoms with Crippen molar-refractivity contribution in [2.75, 3.05) is 48.8 Å². The third-order valence-electron chi connectivity index (χ3n) is 5.95. The van der Waals surface area contributed by atoms with E-state index in [2.05, 4.69) is 46.9 Å². The summed E-state index contributed by atoms with van der Waals surface area (Å²) in [6.45, 7) is 7.23. The zero-order valence-electron chi connectivity index (χ0n) is 18.7. The van der Waals surface area contributed by atoms with Gasteiger partial charge in [0.2, 0.25) is 15.8 Å². The summed E-state index contributed by atoms with van der Waals surface area (Å²) in [6, 6.07) is 10.7. The molecule has 4 rings (SSSR count). The number of nitrogen functional groups attached to an aromatic ring is 1. The number of nitrogens with two attached hydrogens (primary N) is 1. The van der Waals surface area contributed by atoms with Gasteiger partial charge in [-0.25, -0.2) is 13.4 Å². The van der Waals surface area contributed by atoms with Crippen LogP contribution in [0.2, 0.25) is 5.02 Å². The number of aryl methyl sites for hydroxylation is 1. The first-order valence-corrected chi connectivity index (χ1v) is 12.4. The molecule has 0 atom stereocenters. The molecule has 1 fully saturated rings. The lowest BCUT2D eigenvalue weighted by Crippen LogP contribution is -2.47. The van der Waals surface area contributed by atoms with Crippen LogP contribution in [0, 0.1) is 13.8 Å². The zero-order valence-corrected chi connectivity index (χ0v) is 20.3. The molecule has 3 aromatic rings. The topological polar surface area (TPSA) is 102 Å². The predicted molar refractivity (Wildman–Crippen MR) is 130 cm³/mol. The van der Waals surface area contributed by atoms with Gasteiger partial charge in [-0.05, 0) is 49.2 Å². The maximum atomic E-state index is 13.2. The van der Waals surface area contributed by atoms with E-state index in [1.807, 2.05) is 4.90 Å². The lowest BCUT2D eigenvalue weighted by Gasteiger charge is -2.37. The van der Waals surface area contributed by atoms with E-state index in [0.717, 1.165) is 13.1 Å². The van der Waals surface area contributed by atoms with Gasteiger partial charge in [-0.3, -0.25) is 0 Å². The molecular formula is C23H26ClN5O3S. The van der Waals surface area contributed by atoms with Crippen LogP contribution in [-0.2, 0) is 9.84 Å². The van der Waals surface area contributed by atoms with E-state index in [1.165, 1.54) is 42.3 Å². The number of hydrogen-bond acceptors (Lipinski definition) is 8. The molecule has 2 aromatic carbocycles. The van der Waals surface area contributed by atoms with Gasteiger partial charge in [0.05, 0.1) is 13.3 Å². The Morgan fingerprint density at radius 2 is 1.73 bits per heavy atom. The molecule has 0 bridgehead atoms. The Kier molecular flexibility index (Phi) is 6.36. The Morgan fingerprint density at radius 3 is 2.39 bits per heavy atom. The SMILES string of the molecule is COc1ccc(Cl)cc1S(=O)(=O)c1cnc(N2CCN(c3cccc(C)c3C)CC2)nc1N. The molecule has 0 unspecified atom stereocenters. The van der Waals surface area contributed by atoms with Gasteiger partial charge in [0, 0.05) is 36.9 Å². The van der Waals surface area contributed by atoms with E-state index < -0.39 is 9.84 Å². The monoisotopic (exact) mass is 487 g/mol. The second-order valence-corrected chi connectivity index (χ2v) is 10.2. The van der Waals surface area contributed by atoms with Crippen LogP contribution in [-0.4, -0.2) is 51.7 Å². The van der Waals surface area contributed by atoms with Crippen LogP contribution in [0.3, 0.4) is 0 Å².